The van der Waals surface area contributed by atoms with Crippen LogP contribution in [0.4, 0.5) is 5.69 Å². The highest BCUT2D eigenvalue weighted by Gasteiger charge is 2.22. The number of ether oxygens (including phenoxy) is 3. The molecule has 8 heteroatoms. The summed E-state index contributed by atoms with van der Waals surface area (Å²) in [6, 6.07) is 12.1. The summed E-state index contributed by atoms with van der Waals surface area (Å²) in [5.74, 6) is 0.511. The van der Waals surface area contributed by atoms with E-state index < -0.39 is 12.0 Å². The van der Waals surface area contributed by atoms with Crippen LogP contribution in [0.25, 0.3) is 0 Å². The van der Waals surface area contributed by atoms with Crippen LogP contribution >= 0.6 is 15.9 Å². The van der Waals surface area contributed by atoms with Crippen molar-refractivity contribution in [2.45, 2.75) is 13.0 Å². The Kier molecular flexibility index (Phi) is 8.11. The number of carbonyl (C=O) groups excluding carboxylic acids is 1. The SMILES string of the molecule is COc1cc(Br)cc(C(COC(C)=O)Nc2ccc(C#N)cc2)c1OCCO. The highest BCUT2D eigenvalue weighted by molar-refractivity contribution is 9.10. The van der Waals surface area contributed by atoms with E-state index in [4.69, 9.17) is 24.6 Å². The van der Waals surface area contributed by atoms with Crippen LogP contribution in [0.15, 0.2) is 40.9 Å². The first-order valence-electron chi connectivity index (χ1n) is 8.49. The molecule has 0 aliphatic heterocycles. The van der Waals surface area contributed by atoms with Crippen LogP contribution in [0.1, 0.15) is 24.1 Å². The number of halogens is 1. The lowest BCUT2D eigenvalue weighted by molar-refractivity contribution is -0.141. The lowest BCUT2D eigenvalue weighted by atomic mass is 10.0. The molecule has 0 spiro atoms. The molecular formula is C20H21BrN2O5. The van der Waals surface area contributed by atoms with Crippen molar-refractivity contribution in [3.63, 3.8) is 0 Å². The molecule has 2 aromatic rings. The van der Waals surface area contributed by atoms with E-state index >= 15 is 0 Å². The second-order valence-electron chi connectivity index (χ2n) is 5.79. The summed E-state index contributed by atoms with van der Waals surface area (Å²) in [6.45, 7) is 1.31. The molecule has 1 atom stereocenters. The maximum absolute atomic E-state index is 11.4. The normalized spacial score (nSPS) is 11.2. The van der Waals surface area contributed by atoms with Crippen molar-refractivity contribution in [2.24, 2.45) is 0 Å². The maximum atomic E-state index is 11.4. The standard InChI is InChI=1S/C20H21BrN2O5/c1-13(25)28-12-18(23-16-5-3-14(11-22)4-6-16)17-9-15(21)10-19(26-2)20(17)27-8-7-24/h3-6,9-10,18,23-24H,7-8,12H2,1-2H3. The first kappa shape index (κ1) is 21.5. The molecule has 2 aromatic carbocycles. The molecule has 2 N–H and O–H groups in total. The second kappa shape index (κ2) is 10.5. The zero-order valence-corrected chi connectivity index (χ0v) is 17.2. The molecule has 28 heavy (non-hydrogen) atoms. The lowest BCUT2D eigenvalue weighted by Crippen LogP contribution is -2.20. The van der Waals surface area contributed by atoms with E-state index in [0.29, 0.717) is 22.6 Å². The van der Waals surface area contributed by atoms with E-state index in [1.54, 1.807) is 30.3 Å². The van der Waals surface area contributed by atoms with E-state index in [1.807, 2.05) is 6.07 Å². The summed E-state index contributed by atoms with van der Waals surface area (Å²) in [6.07, 6.45) is 0. The van der Waals surface area contributed by atoms with Gasteiger partial charge >= 0.3 is 5.97 Å². The van der Waals surface area contributed by atoms with Gasteiger partial charge < -0.3 is 24.6 Å². The van der Waals surface area contributed by atoms with Gasteiger partial charge in [-0.05, 0) is 36.4 Å². The van der Waals surface area contributed by atoms with Crippen LogP contribution in [-0.4, -0.2) is 38.0 Å². The molecule has 0 fully saturated rings. The van der Waals surface area contributed by atoms with E-state index in [1.165, 1.54) is 14.0 Å². The number of esters is 1. The summed E-state index contributed by atoms with van der Waals surface area (Å²) >= 11 is 3.45. The number of nitrogens with one attached hydrogen (secondary N) is 1. The minimum absolute atomic E-state index is 0.0461. The summed E-state index contributed by atoms with van der Waals surface area (Å²) in [5, 5.41) is 21.4. The summed E-state index contributed by atoms with van der Waals surface area (Å²) in [7, 11) is 1.52. The van der Waals surface area contributed by atoms with Gasteiger partial charge in [0, 0.05) is 22.6 Å². The van der Waals surface area contributed by atoms with Gasteiger partial charge in [-0.15, -0.1) is 0 Å². The number of nitriles is 1. The van der Waals surface area contributed by atoms with Crippen molar-refractivity contribution < 1.29 is 24.1 Å². The Bertz CT molecular complexity index is 849. The molecule has 0 bridgehead atoms. The van der Waals surface area contributed by atoms with Crippen LogP contribution in [0.5, 0.6) is 11.5 Å². The molecule has 0 aliphatic rings. The smallest absolute Gasteiger partial charge is 0.302 e. The van der Waals surface area contributed by atoms with E-state index in [0.717, 1.165) is 10.2 Å². The van der Waals surface area contributed by atoms with E-state index in [9.17, 15) is 4.79 Å². The molecule has 0 saturated heterocycles. The Morgan fingerprint density at radius 3 is 2.61 bits per heavy atom. The zero-order chi connectivity index (χ0) is 20.5. The molecule has 0 radical (unpaired) electrons. The van der Waals surface area contributed by atoms with Gasteiger partial charge in [-0.25, -0.2) is 0 Å². The van der Waals surface area contributed by atoms with Gasteiger partial charge in [0.05, 0.1) is 31.4 Å². The van der Waals surface area contributed by atoms with Gasteiger partial charge in [0.2, 0.25) is 0 Å². The molecule has 148 valence electrons. The van der Waals surface area contributed by atoms with E-state index in [2.05, 4.69) is 27.3 Å². The minimum atomic E-state index is -0.461. The predicted molar refractivity (Wildman–Crippen MR) is 107 cm³/mol. The third-order valence-corrected chi connectivity index (χ3v) is 4.25. The van der Waals surface area contributed by atoms with Crippen molar-refractivity contribution in [3.05, 3.63) is 52.0 Å². The average Bonchev–Trinajstić information content (AvgIpc) is 2.69. The summed E-state index contributed by atoms with van der Waals surface area (Å²) in [5.41, 5.74) is 1.96. The Labute approximate surface area is 172 Å². The third kappa shape index (κ3) is 5.87. The number of rotatable bonds is 9. The fraction of sp³-hybridized carbons (Fsp3) is 0.300. The highest BCUT2D eigenvalue weighted by atomic mass is 79.9. The van der Waals surface area contributed by atoms with E-state index in [-0.39, 0.29) is 19.8 Å². The lowest BCUT2D eigenvalue weighted by Gasteiger charge is -2.24. The molecule has 0 heterocycles. The van der Waals surface area contributed by atoms with Crippen LogP contribution in [0.2, 0.25) is 0 Å². The molecule has 2 rings (SSSR count). The molecule has 0 saturated carbocycles. The van der Waals surface area contributed by atoms with Crippen molar-refractivity contribution in [1.82, 2.24) is 0 Å². The van der Waals surface area contributed by atoms with Gasteiger partial charge in [0.1, 0.15) is 13.2 Å². The summed E-state index contributed by atoms with van der Waals surface area (Å²) in [4.78, 5) is 11.4. The fourth-order valence-corrected chi connectivity index (χ4v) is 3.01. The Hall–Kier alpha value is -2.76. The summed E-state index contributed by atoms with van der Waals surface area (Å²) < 4.78 is 17.1. The van der Waals surface area contributed by atoms with Crippen molar-refractivity contribution in [2.75, 3.05) is 32.2 Å². The number of hydrogen-bond donors (Lipinski definition) is 2. The maximum Gasteiger partial charge on any atom is 0.302 e. The molecule has 7 nitrogen and oxygen atoms in total. The molecular weight excluding hydrogens is 428 g/mol. The Morgan fingerprint density at radius 2 is 2.04 bits per heavy atom. The number of carbonyl (C=O) groups is 1. The fourth-order valence-electron chi connectivity index (χ4n) is 2.55. The monoisotopic (exact) mass is 448 g/mol. The van der Waals surface area contributed by atoms with Gasteiger partial charge in [0.25, 0.3) is 0 Å². The quantitative estimate of drug-likeness (QED) is 0.566. The van der Waals surface area contributed by atoms with Gasteiger partial charge in [0.15, 0.2) is 11.5 Å². The second-order valence-corrected chi connectivity index (χ2v) is 6.70. The molecule has 0 aromatic heterocycles. The van der Waals surface area contributed by atoms with Crippen LogP contribution in [0.3, 0.4) is 0 Å². The number of hydrogen-bond acceptors (Lipinski definition) is 7. The van der Waals surface area contributed by atoms with Gasteiger partial charge in [-0.3, -0.25) is 4.79 Å². The zero-order valence-electron chi connectivity index (χ0n) is 15.6. The number of methoxy groups -OCH3 is 1. The number of aliphatic hydroxyl groups is 1. The van der Waals surface area contributed by atoms with Crippen molar-refractivity contribution >= 4 is 27.6 Å². The number of benzene rings is 2. The average molecular weight is 449 g/mol. The predicted octanol–water partition coefficient (Wildman–Crippen LogP) is 3.42. The number of anilines is 1. The van der Waals surface area contributed by atoms with Crippen LogP contribution in [-0.2, 0) is 9.53 Å². The van der Waals surface area contributed by atoms with Gasteiger partial charge in [-0.1, -0.05) is 15.9 Å². The third-order valence-electron chi connectivity index (χ3n) is 3.79. The molecule has 0 aliphatic carbocycles. The minimum Gasteiger partial charge on any atom is -0.493 e. The topological polar surface area (TPSA) is 101 Å². The van der Waals surface area contributed by atoms with Gasteiger partial charge in [-0.2, -0.15) is 5.26 Å². The molecule has 0 amide bonds. The largest absolute Gasteiger partial charge is 0.493 e. The number of nitrogens with zero attached hydrogens (tertiary/aromatic N) is 1. The molecule has 1 unspecified atom stereocenters. The van der Waals surface area contributed by atoms with Crippen LogP contribution in [0, 0.1) is 11.3 Å². The first-order chi connectivity index (χ1) is 13.5. The Morgan fingerprint density at radius 1 is 1.32 bits per heavy atom. The van der Waals surface area contributed by atoms with Crippen LogP contribution < -0.4 is 14.8 Å². The number of aliphatic hydroxyl groups excluding tert-OH is 1. The first-order valence-corrected chi connectivity index (χ1v) is 9.29. The Balaban J connectivity index is 2.44. The van der Waals surface area contributed by atoms with Crippen molar-refractivity contribution in [1.29, 1.82) is 5.26 Å². The highest BCUT2D eigenvalue weighted by Crippen LogP contribution is 2.39. The van der Waals surface area contributed by atoms with Crippen molar-refractivity contribution in [3.8, 4) is 17.6 Å².